The zero-order chi connectivity index (χ0) is 13.8. The van der Waals surface area contributed by atoms with Crippen molar-refractivity contribution in [3.63, 3.8) is 0 Å². The molecule has 5 nitrogen and oxygen atoms in total. The summed E-state index contributed by atoms with van der Waals surface area (Å²) >= 11 is 0. The first-order valence-corrected chi connectivity index (χ1v) is 4.68. The summed E-state index contributed by atoms with van der Waals surface area (Å²) < 4.78 is 41.8. The number of ether oxygens (including phenoxy) is 1. The van der Waals surface area contributed by atoms with E-state index in [0.29, 0.717) is 0 Å². The van der Waals surface area contributed by atoms with E-state index in [1.807, 2.05) is 0 Å². The Hall–Kier alpha value is -1.47. The number of carbonyl (C=O) groups excluding carboxylic acids is 1. The average Bonchev–Trinajstić information content (AvgIpc) is 2.09. The van der Waals surface area contributed by atoms with E-state index in [9.17, 15) is 22.8 Å². The van der Waals surface area contributed by atoms with Gasteiger partial charge in [0.05, 0.1) is 0 Å². The minimum atomic E-state index is -3.50. The van der Waals surface area contributed by atoms with Gasteiger partial charge in [0.1, 0.15) is 12.1 Å². The average molecular weight is 257 g/mol. The van der Waals surface area contributed by atoms with E-state index in [1.54, 1.807) is 0 Å². The summed E-state index contributed by atoms with van der Waals surface area (Å²) in [7, 11) is 0. The van der Waals surface area contributed by atoms with Crippen LogP contribution in [0, 0.1) is 0 Å². The fourth-order valence-electron chi connectivity index (χ4n) is 0.855. The van der Waals surface area contributed by atoms with Crippen LogP contribution in [0.3, 0.4) is 0 Å². The van der Waals surface area contributed by atoms with E-state index >= 15 is 0 Å². The maximum Gasteiger partial charge on any atom is 0.413 e. The highest BCUT2D eigenvalue weighted by Gasteiger charge is 2.35. The van der Waals surface area contributed by atoms with Gasteiger partial charge in [-0.25, -0.2) is 18.0 Å². The van der Waals surface area contributed by atoms with Gasteiger partial charge in [0.2, 0.25) is 6.30 Å². The first-order valence-electron chi connectivity index (χ1n) is 4.68. The number of halogens is 3. The molecule has 1 unspecified atom stereocenters. The number of carboxylic acids is 1. The van der Waals surface area contributed by atoms with Gasteiger partial charge in [-0.05, 0) is 20.8 Å². The van der Waals surface area contributed by atoms with Crippen LogP contribution in [0.15, 0.2) is 0 Å². The van der Waals surface area contributed by atoms with Crippen LogP contribution in [0.1, 0.15) is 20.8 Å². The van der Waals surface area contributed by atoms with Gasteiger partial charge < -0.3 is 9.84 Å². The molecule has 100 valence electrons. The molecule has 0 aromatic heterocycles. The fourth-order valence-corrected chi connectivity index (χ4v) is 0.855. The van der Waals surface area contributed by atoms with Gasteiger partial charge in [-0.15, -0.1) is 0 Å². The Bertz CT molecular complexity index is 290. The molecular weight excluding hydrogens is 243 g/mol. The third-order valence-electron chi connectivity index (χ3n) is 1.44. The van der Waals surface area contributed by atoms with Crippen LogP contribution in [0.4, 0.5) is 18.0 Å². The van der Waals surface area contributed by atoms with Crippen LogP contribution in [0.25, 0.3) is 0 Å². The second-order valence-corrected chi connectivity index (χ2v) is 4.21. The lowest BCUT2D eigenvalue weighted by molar-refractivity contribution is -0.142. The summed E-state index contributed by atoms with van der Waals surface area (Å²) in [5.74, 6) is -1.61. The normalized spacial score (nSPS) is 13.4. The highest BCUT2D eigenvalue weighted by atomic mass is 19.3. The Morgan fingerprint density at radius 3 is 2.06 bits per heavy atom. The van der Waals surface area contributed by atoms with Crippen molar-refractivity contribution in [2.24, 2.45) is 0 Å². The zero-order valence-electron chi connectivity index (χ0n) is 9.61. The highest BCUT2D eigenvalue weighted by Crippen LogP contribution is 2.16. The number of aliphatic carboxylic acids is 1. The molecule has 0 rings (SSSR count). The van der Waals surface area contributed by atoms with Crippen molar-refractivity contribution in [1.82, 2.24) is 4.90 Å². The molecule has 0 aromatic rings. The number of nitrogens with zero attached hydrogens (tertiary/aromatic N) is 1. The maximum atomic E-state index is 13.0. The number of hydrogen-bond acceptors (Lipinski definition) is 3. The number of alkyl halides is 3. The molecule has 0 aliphatic rings. The lowest BCUT2D eigenvalue weighted by Crippen LogP contribution is -2.46. The van der Waals surface area contributed by atoms with Gasteiger partial charge in [0.25, 0.3) is 6.43 Å². The van der Waals surface area contributed by atoms with Gasteiger partial charge in [-0.2, -0.15) is 0 Å². The fraction of sp³-hybridized carbons (Fsp3) is 0.778. The molecule has 0 radical (unpaired) electrons. The van der Waals surface area contributed by atoms with E-state index in [2.05, 4.69) is 4.74 Å². The first kappa shape index (κ1) is 15.5. The van der Waals surface area contributed by atoms with E-state index in [4.69, 9.17) is 5.11 Å². The lowest BCUT2D eigenvalue weighted by atomic mass is 10.2. The van der Waals surface area contributed by atoms with Crippen molar-refractivity contribution in [1.29, 1.82) is 0 Å². The van der Waals surface area contributed by atoms with E-state index < -0.39 is 36.9 Å². The molecule has 8 heteroatoms. The standard InChI is InChI=1S/C9H14F3NO4/c1-9(2,3)17-8(16)13(4-5(14)15)7(12)6(10)11/h6-7H,4H2,1-3H3,(H,14,15). The molecule has 17 heavy (non-hydrogen) atoms. The van der Waals surface area contributed by atoms with Crippen LogP contribution >= 0.6 is 0 Å². The van der Waals surface area contributed by atoms with Crippen molar-refractivity contribution in [2.45, 2.75) is 39.1 Å². The minimum absolute atomic E-state index is 0.168. The number of carbonyl (C=O) groups is 2. The van der Waals surface area contributed by atoms with Crippen molar-refractivity contribution >= 4 is 12.1 Å². The Kier molecular flexibility index (Phi) is 5.24. The largest absolute Gasteiger partial charge is 0.480 e. The van der Waals surface area contributed by atoms with Crippen molar-refractivity contribution < 1.29 is 32.6 Å². The second-order valence-electron chi connectivity index (χ2n) is 4.21. The summed E-state index contributed by atoms with van der Waals surface area (Å²) in [6.07, 6.45) is -7.95. The second kappa shape index (κ2) is 5.74. The van der Waals surface area contributed by atoms with Crippen LogP contribution in [-0.2, 0) is 9.53 Å². The Labute approximate surface area is 96.1 Å². The third kappa shape index (κ3) is 5.98. The molecule has 0 fully saturated rings. The summed E-state index contributed by atoms with van der Waals surface area (Å²) in [5, 5.41) is 8.40. The molecule has 1 amide bonds. The molecular formula is C9H14F3NO4. The SMILES string of the molecule is CC(C)(C)OC(=O)N(CC(=O)O)C(F)C(F)F. The molecule has 0 aromatic carbocycles. The Balaban J connectivity index is 4.80. The monoisotopic (exact) mass is 257 g/mol. The molecule has 0 saturated heterocycles. The van der Waals surface area contributed by atoms with Gasteiger partial charge in [-0.1, -0.05) is 0 Å². The predicted octanol–water partition coefficient (Wildman–Crippen LogP) is 1.87. The molecule has 0 heterocycles. The maximum absolute atomic E-state index is 13.0. The van der Waals surface area contributed by atoms with Crippen LogP contribution in [-0.4, -0.2) is 46.9 Å². The molecule has 0 saturated carbocycles. The summed E-state index contributed by atoms with van der Waals surface area (Å²) in [6.45, 7) is 3.14. The lowest BCUT2D eigenvalue weighted by Gasteiger charge is -2.28. The highest BCUT2D eigenvalue weighted by molar-refractivity contribution is 5.77. The Morgan fingerprint density at radius 2 is 1.76 bits per heavy atom. The third-order valence-corrected chi connectivity index (χ3v) is 1.44. The van der Waals surface area contributed by atoms with E-state index in [0.717, 1.165) is 0 Å². The minimum Gasteiger partial charge on any atom is -0.480 e. The molecule has 1 atom stereocenters. The van der Waals surface area contributed by atoms with Crippen LogP contribution < -0.4 is 0 Å². The number of carboxylic acid groups (broad SMARTS) is 1. The smallest absolute Gasteiger partial charge is 0.413 e. The molecule has 0 spiro atoms. The van der Waals surface area contributed by atoms with Crippen molar-refractivity contribution in [3.8, 4) is 0 Å². The number of hydrogen-bond donors (Lipinski definition) is 1. The summed E-state index contributed by atoms with van der Waals surface area (Å²) in [4.78, 5) is 21.5. The molecule has 0 aliphatic heterocycles. The summed E-state index contributed by atoms with van der Waals surface area (Å²) in [6, 6.07) is 0. The van der Waals surface area contributed by atoms with Gasteiger partial charge in [-0.3, -0.25) is 9.69 Å². The topological polar surface area (TPSA) is 66.8 Å². The predicted molar refractivity (Wildman–Crippen MR) is 51.5 cm³/mol. The van der Waals surface area contributed by atoms with E-state index in [-0.39, 0.29) is 4.90 Å². The molecule has 0 aliphatic carbocycles. The van der Waals surface area contributed by atoms with Gasteiger partial charge in [0, 0.05) is 0 Å². The zero-order valence-corrected chi connectivity index (χ0v) is 9.61. The van der Waals surface area contributed by atoms with Crippen molar-refractivity contribution in [3.05, 3.63) is 0 Å². The molecule has 1 N–H and O–H groups in total. The van der Waals surface area contributed by atoms with Gasteiger partial charge in [0.15, 0.2) is 0 Å². The van der Waals surface area contributed by atoms with Crippen LogP contribution in [0.2, 0.25) is 0 Å². The molecule has 0 bridgehead atoms. The first-order chi connectivity index (χ1) is 7.54. The van der Waals surface area contributed by atoms with Gasteiger partial charge >= 0.3 is 12.1 Å². The quantitative estimate of drug-likeness (QED) is 0.781. The summed E-state index contributed by atoms with van der Waals surface area (Å²) in [5.41, 5.74) is -1.03. The Morgan fingerprint density at radius 1 is 1.29 bits per heavy atom. The number of rotatable bonds is 4. The number of amides is 1. The van der Waals surface area contributed by atoms with Crippen LogP contribution in [0.5, 0.6) is 0 Å². The van der Waals surface area contributed by atoms with E-state index in [1.165, 1.54) is 20.8 Å². The van der Waals surface area contributed by atoms with Crippen molar-refractivity contribution in [2.75, 3.05) is 6.54 Å².